The van der Waals surface area contributed by atoms with Gasteiger partial charge in [0.25, 0.3) is 0 Å². The number of nitrogens with one attached hydrogen (secondary N) is 1. The van der Waals surface area contributed by atoms with E-state index in [1.807, 2.05) is 13.0 Å². The first-order valence-electron chi connectivity index (χ1n) is 5.78. The number of amides is 1. The number of nitrogens with zero attached hydrogens (tertiary/aromatic N) is 2. The average Bonchev–Trinajstić information content (AvgIpc) is 2.81. The zero-order chi connectivity index (χ0) is 14.7. The highest BCUT2D eigenvalue weighted by Gasteiger charge is 2.12. The monoisotopic (exact) mass is 337 g/mol. The van der Waals surface area contributed by atoms with Crippen molar-refractivity contribution in [2.45, 2.75) is 13.5 Å². The summed E-state index contributed by atoms with van der Waals surface area (Å²) in [5.74, 6) is -0.940. The number of carbonyl (C=O) groups is 2. The third kappa shape index (κ3) is 3.24. The largest absolute Gasteiger partial charge is 0.477 e. The maximum Gasteiger partial charge on any atom is 0.352 e. The molecule has 6 nitrogen and oxygen atoms in total. The van der Waals surface area contributed by atoms with E-state index in [-0.39, 0.29) is 18.1 Å². The van der Waals surface area contributed by atoms with Crippen LogP contribution in [0.1, 0.15) is 16.1 Å². The van der Waals surface area contributed by atoms with Crippen molar-refractivity contribution in [3.8, 4) is 0 Å². The maximum atomic E-state index is 11.9. The number of aromatic carboxylic acids is 1. The Kier molecular flexibility index (Phi) is 4.19. The van der Waals surface area contributed by atoms with E-state index in [1.54, 1.807) is 18.5 Å². The minimum Gasteiger partial charge on any atom is -0.477 e. The molecule has 2 N–H and O–H groups in total. The van der Waals surface area contributed by atoms with Gasteiger partial charge in [-0.3, -0.25) is 4.79 Å². The summed E-state index contributed by atoms with van der Waals surface area (Å²) in [6, 6.07) is 4.86. The van der Waals surface area contributed by atoms with Crippen molar-refractivity contribution in [1.29, 1.82) is 0 Å². The topological polar surface area (TPSA) is 84.2 Å². The van der Waals surface area contributed by atoms with Crippen LogP contribution in [-0.2, 0) is 11.3 Å². The molecule has 0 aliphatic carbocycles. The van der Waals surface area contributed by atoms with Crippen molar-refractivity contribution < 1.29 is 14.7 Å². The molecule has 2 rings (SSSR count). The Bertz CT molecular complexity index is 667. The van der Waals surface area contributed by atoms with Gasteiger partial charge in [-0.05, 0) is 46.6 Å². The van der Waals surface area contributed by atoms with Gasteiger partial charge in [0.05, 0.1) is 0 Å². The molecule has 104 valence electrons. The van der Waals surface area contributed by atoms with Crippen LogP contribution in [0.15, 0.2) is 35.1 Å². The molecule has 20 heavy (non-hydrogen) atoms. The smallest absolute Gasteiger partial charge is 0.352 e. The van der Waals surface area contributed by atoms with Gasteiger partial charge in [0.2, 0.25) is 5.91 Å². The van der Waals surface area contributed by atoms with Gasteiger partial charge in [-0.1, -0.05) is 0 Å². The average molecular weight is 338 g/mol. The highest BCUT2D eigenvalue weighted by Crippen LogP contribution is 2.16. The lowest BCUT2D eigenvalue weighted by Crippen LogP contribution is -2.21. The Morgan fingerprint density at radius 3 is 2.90 bits per heavy atom. The Morgan fingerprint density at radius 2 is 2.25 bits per heavy atom. The van der Waals surface area contributed by atoms with E-state index in [9.17, 15) is 9.59 Å². The number of halogens is 1. The van der Waals surface area contributed by atoms with Crippen LogP contribution in [-0.4, -0.2) is 26.5 Å². The Morgan fingerprint density at radius 1 is 1.50 bits per heavy atom. The van der Waals surface area contributed by atoms with Crippen LogP contribution in [0.3, 0.4) is 0 Å². The lowest BCUT2D eigenvalue weighted by molar-refractivity contribution is -0.116. The minimum atomic E-state index is -1.07. The van der Waals surface area contributed by atoms with E-state index in [1.165, 1.54) is 10.6 Å². The number of hydrogen-bond donors (Lipinski definition) is 2. The Balaban J connectivity index is 2.09. The molecule has 2 aromatic rings. The second-order valence-corrected chi connectivity index (χ2v) is 5.11. The second kappa shape index (κ2) is 5.87. The molecule has 0 atom stereocenters. The van der Waals surface area contributed by atoms with Crippen molar-refractivity contribution in [3.63, 3.8) is 0 Å². The second-order valence-electron chi connectivity index (χ2n) is 4.19. The number of anilines is 1. The van der Waals surface area contributed by atoms with Gasteiger partial charge in [-0.2, -0.15) is 0 Å². The van der Waals surface area contributed by atoms with Crippen LogP contribution in [0.5, 0.6) is 0 Å². The first kappa shape index (κ1) is 14.3. The van der Waals surface area contributed by atoms with Crippen LogP contribution >= 0.6 is 15.9 Å². The molecular formula is C13H12BrN3O3. The molecule has 0 saturated heterocycles. The van der Waals surface area contributed by atoms with E-state index in [0.29, 0.717) is 5.82 Å². The number of rotatable bonds is 4. The maximum absolute atomic E-state index is 11.9. The summed E-state index contributed by atoms with van der Waals surface area (Å²) < 4.78 is 2.19. The minimum absolute atomic E-state index is 0.0700. The molecule has 0 aliphatic heterocycles. The van der Waals surface area contributed by atoms with Crippen molar-refractivity contribution >= 4 is 33.6 Å². The van der Waals surface area contributed by atoms with E-state index >= 15 is 0 Å². The lowest BCUT2D eigenvalue weighted by atomic mass is 10.3. The van der Waals surface area contributed by atoms with Crippen LogP contribution < -0.4 is 5.32 Å². The number of hydrogen-bond acceptors (Lipinski definition) is 3. The normalized spacial score (nSPS) is 10.3. The zero-order valence-electron chi connectivity index (χ0n) is 10.6. The van der Waals surface area contributed by atoms with Crippen molar-refractivity contribution in [2.24, 2.45) is 0 Å². The predicted molar refractivity (Wildman–Crippen MR) is 76.7 cm³/mol. The van der Waals surface area contributed by atoms with Crippen molar-refractivity contribution in [1.82, 2.24) is 9.55 Å². The van der Waals surface area contributed by atoms with Gasteiger partial charge in [-0.15, -0.1) is 0 Å². The number of carbonyl (C=O) groups excluding carboxylic acids is 1. The standard InChI is InChI=1S/C13H12BrN3O3/c1-8-5-9(14)6-15-12(8)16-11(18)7-17-4-2-3-10(17)13(19)20/h2-6H,7H2,1H3,(H,19,20)(H,15,16,18). The zero-order valence-corrected chi connectivity index (χ0v) is 12.2. The van der Waals surface area contributed by atoms with E-state index in [2.05, 4.69) is 26.2 Å². The highest BCUT2D eigenvalue weighted by atomic mass is 79.9. The molecule has 0 unspecified atom stereocenters. The Hall–Kier alpha value is -2.15. The summed E-state index contributed by atoms with van der Waals surface area (Å²) in [6.45, 7) is 1.75. The fraction of sp³-hybridized carbons (Fsp3) is 0.154. The summed E-state index contributed by atoms with van der Waals surface area (Å²) >= 11 is 3.29. The first-order chi connectivity index (χ1) is 9.47. The SMILES string of the molecule is Cc1cc(Br)cnc1NC(=O)Cn1cccc1C(=O)O. The van der Waals surface area contributed by atoms with Gasteiger partial charge in [0.1, 0.15) is 18.1 Å². The van der Waals surface area contributed by atoms with Crippen molar-refractivity contribution in [3.05, 3.63) is 46.3 Å². The number of aromatic nitrogens is 2. The van der Waals surface area contributed by atoms with E-state index in [0.717, 1.165) is 10.0 Å². The fourth-order valence-corrected chi connectivity index (χ4v) is 2.19. The van der Waals surface area contributed by atoms with Crippen molar-refractivity contribution in [2.75, 3.05) is 5.32 Å². The molecule has 0 radical (unpaired) electrons. The number of carboxylic acids is 1. The van der Waals surface area contributed by atoms with Crippen LogP contribution in [0.2, 0.25) is 0 Å². The highest BCUT2D eigenvalue weighted by molar-refractivity contribution is 9.10. The summed E-state index contributed by atoms with van der Waals surface area (Å²) in [6.07, 6.45) is 3.13. The van der Waals surface area contributed by atoms with Crippen LogP contribution in [0, 0.1) is 6.92 Å². The fourth-order valence-electron chi connectivity index (χ4n) is 1.74. The molecule has 0 aromatic carbocycles. The van der Waals surface area contributed by atoms with Gasteiger partial charge >= 0.3 is 5.97 Å². The molecule has 0 fully saturated rings. The van der Waals surface area contributed by atoms with E-state index < -0.39 is 5.97 Å². The summed E-state index contributed by atoms with van der Waals surface area (Å²) in [5.41, 5.74) is 0.888. The van der Waals surface area contributed by atoms with Gasteiger partial charge in [0.15, 0.2) is 0 Å². The van der Waals surface area contributed by atoms with Crippen LogP contribution in [0.4, 0.5) is 5.82 Å². The van der Waals surface area contributed by atoms with Gasteiger partial charge in [0, 0.05) is 16.9 Å². The number of carboxylic acid groups (broad SMARTS) is 1. The summed E-state index contributed by atoms with van der Waals surface area (Å²) in [5, 5.41) is 11.6. The number of aryl methyl sites for hydroxylation is 1. The predicted octanol–water partition coefficient (Wildman–Crippen LogP) is 2.29. The summed E-state index contributed by atoms with van der Waals surface area (Å²) in [7, 11) is 0. The quantitative estimate of drug-likeness (QED) is 0.896. The summed E-state index contributed by atoms with van der Waals surface area (Å²) in [4.78, 5) is 27.0. The lowest BCUT2D eigenvalue weighted by Gasteiger charge is -2.09. The molecule has 1 amide bonds. The molecule has 7 heteroatoms. The van der Waals surface area contributed by atoms with E-state index in [4.69, 9.17) is 5.11 Å². The molecule has 2 heterocycles. The van der Waals surface area contributed by atoms with Gasteiger partial charge < -0.3 is 15.0 Å². The number of pyridine rings is 1. The molecule has 2 aromatic heterocycles. The third-order valence-electron chi connectivity index (χ3n) is 2.67. The van der Waals surface area contributed by atoms with Gasteiger partial charge in [-0.25, -0.2) is 9.78 Å². The molecular weight excluding hydrogens is 326 g/mol. The van der Waals surface area contributed by atoms with Crippen LogP contribution in [0.25, 0.3) is 0 Å². The molecule has 0 saturated carbocycles. The Labute approximate surface area is 123 Å². The first-order valence-corrected chi connectivity index (χ1v) is 6.57. The third-order valence-corrected chi connectivity index (χ3v) is 3.10. The molecule has 0 aliphatic rings. The molecule has 0 bridgehead atoms. The molecule has 0 spiro atoms.